The monoisotopic (exact) mass is 322 g/mol. The molecule has 3 rings (SSSR count). The van der Waals surface area contributed by atoms with E-state index >= 15 is 0 Å². The molecular formula is C20H22N2O2. The van der Waals surface area contributed by atoms with Crippen LogP contribution in [0.2, 0.25) is 0 Å². The number of hydrogen-bond donors (Lipinski definition) is 1. The second kappa shape index (κ2) is 6.89. The molecule has 124 valence electrons. The summed E-state index contributed by atoms with van der Waals surface area (Å²) in [4.78, 5) is 18.4. The molecule has 0 aliphatic carbocycles. The molecule has 0 aliphatic heterocycles. The van der Waals surface area contributed by atoms with Crippen LogP contribution in [0.1, 0.15) is 16.8 Å². The number of ether oxygens (including phenoxy) is 1. The molecule has 0 amide bonds. The SMILES string of the molecule is COc1ccc2[nH]c(C)c(CN(C)Cc3ccccc3)c(=O)c2c1. The van der Waals surface area contributed by atoms with Crippen LogP contribution in [0.3, 0.4) is 0 Å². The highest BCUT2D eigenvalue weighted by Gasteiger charge is 2.12. The van der Waals surface area contributed by atoms with Gasteiger partial charge in [-0.1, -0.05) is 30.3 Å². The lowest BCUT2D eigenvalue weighted by Crippen LogP contribution is -2.24. The van der Waals surface area contributed by atoms with E-state index in [0.717, 1.165) is 23.3 Å². The van der Waals surface area contributed by atoms with Gasteiger partial charge in [0.2, 0.25) is 0 Å². The number of aromatic amines is 1. The zero-order valence-corrected chi connectivity index (χ0v) is 14.3. The Hall–Kier alpha value is -2.59. The number of methoxy groups -OCH3 is 1. The van der Waals surface area contributed by atoms with E-state index in [9.17, 15) is 4.79 Å². The lowest BCUT2D eigenvalue weighted by molar-refractivity contribution is 0.317. The minimum Gasteiger partial charge on any atom is -0.497 e. The molecule has 4 heteroatoms. The van der Waals surface area contributed by atoms with E-state index in [1.807, 2.05) is 44.3 Å². The van der Waals surface area contributed by atoms with Crippen LogP contribution in [0, 0.1) is 6.92 Å². The molecule has 0 atom stereocenters. The van der Waals surface area contributed by atoms with Gasteiger partial charge in [0.05, 0.1) is 7.11 Å². The van der Waals surface area contributed by atoms with Crippen LogP contribution in [0.15, 0.2) is 53.3 Å². The summed E-state index contributed by atoms with van der Waals surface area (Å²) in [5.41, 5.74) is 3.86. The molecular weight excluding hydrogens is 300 g/mol. The molecule has 3 aromatic rings. The van der Waals surface area contributed by atoms with Crippen molar-refractivity contribution in [2.24, 2.45) is 0 Å². The third-order valence-electron chi connectivity index (χ3n) is 4.24. The first-order chi connectivity index (χ1) is 11.6. The molecule has 0 spiro atoms. The second-order valence-electron chi connectivity index (χ2n) is 6.13. The van der Waals surface area contributed by atoms with Crippen molar-refractivity contribution >= 4 is 10.9 Å². The summed E-state index contributed by atoms with van der Waals surface area (Å²) in [6.45, 7) is 3.36. The predicted molar refractivity (Wildman–Crippen MR) is 97.5 cm³/mol. The van der Waals surface area contributed by atoms with E-state index in [0.29, 0.717) is 17.7 Å². The minimum absolute atomic E-state index is 0.0695. The van der Waals surface area contributed by atoms with Crippen LogP contribution < -0.4 is 10.2 Å². The molecule has 0 saturated heterocycles. The summed E-state index contributed by atoms with van der Waals surface area (Å²) < 4.78 is 5.24. The van der Waals surface area contributed by atoms with Gasteiger partial charge in [-0.2, -0.15) is 0 Å². The quantitative estimate of drug-likeness (QED) is 0.782. The van der Waals surface area contributed by atoms with Gasteiger partial charge in [0.15, 0.2) is 5.43 Å². The fraction of sp³-hybridized carbons (Fsp3) is 0.250. The van der Waals surface area contributed by atoms with Crippen molar-refractivity contribution in [2.45, 2.75) is 20.0 Å². The molecule has 0 bridgehead atoms. The van der Waals surface area contributed by atoms with Crippen molar-refractivity contribution in [1.29, 1.82) is 0 Å². The Morgan fingerprint density at radius 3 is 2.54 bits per heavy atom. The van der Waals surface area contributed by atoms with Gasteiger partial charge in [0.1, 0.15) is 5.75 Å². The molecule has 4 nitrogen and oxygen atoms in total. The predicted octanol–water partition coefficient (Wildman–Crippen LogP) is 3.48. The summed E-state index contributed by atoms with van der Waals surface area (Å²) >= 11 is 0. The van der Waals surface area contributed by atoms with Gasteiger partial charge in [0.25, 0.3) is 0 Å². The summed E-state index contributed by atoms with van der Waals surface area (Å²) in [5, 5.41) is 0.670. The Kier molecular flexibility index (Phi) is 4.67. The zero-order valence-electron chi connectivity index (χ0n) is 14.3. The second-order valence-corrected chi connectivity index (χ2v) is 6.13. The van der Waals surface area contributed by atoms with Gasteiger partial charge in [-0.3, -0.25) is 9.69 Å². The fourth-order valence-corrected chi connectivity index (χ4v) is 2.97. The number of nitrogens with zero attached hydrogens (tertiary/aromatic N) is 1. The van der Waals surface area contributed by atoms with Crippen molar-refractivity contribution in [2.75, 3.05) is 14.2 Å². The molecule has 1 N–H and O–H groups in total. The van der Waals surface area contributed by atoms with Gasteiger partial charge in [0, 0.05) is 35.2 Å². The molecule has 0 saturated carbocycles. The Balaban J connectivity index is 1.92. The minimum atomic E-state index is 0.0695. The number of H-pyrrole nitrogens is 1. The van der Waals surface area contributed by atoms with Gasteiger partial charge >= 0.3 is 0 Å². The summed E-state index contributed by atoms with van der Waals surface area (Å²) in [7, 11) is 3.64. The first-order valence-corrected chi connectivity index (χ1v) is 8.00. The Labute approximate surface area is 141 Å². The summed E-state index contributed by atoms with van der Waals surface area (Å²) in [6, 6.07) is 15.8. The highest BCUT2D eigenvalue weighted by molar-refractivity contribution is 5.81. The van der Waals surface area contributed by atoms with Crippen LogP contribution >= 0.6 is 0 Å². The van der Waals surface area contributed by atoms with E-state index in [1.54, 1.807) is 13.2 Å². The number of benzene rings is 2. The number of hydrogen-bond acceptors (Lipinski definition) is 3. The van der Waals surface area contributed by atoms with Crippen molar-refractivity contribution in [1.82, 2.24) is 9.88 Å². The van der Waals surface area contributed by atoms with Gasteiger partial charge < -0.3 is 9.72 Å². The molecule has 0 aliphatic rings. The first-order valence-electron chi connectivity index (χ1n) is 8.00. The number of aryl methyl sites for hydroxylation is 1. The van der Waals surface area contributed by atoms with Crippen molar-refractivity contribution in [3.05, 3.63) is 75.6 Å². The molecule has 24 heavy (non-hydrogen) atoms. The van der Waals surface area contributed by atoms with Crippen molar-refractivity contribution < 1.29 is 4.74 Å². The van der Waals surface area contributed by atoms with E-state index < -0.39 is 0 Å². The van der Waals surface area contributed by atoms with Crippen LogP contribution in [0.4, 0.5) is 0 Å². The molecule has 0 fully saturated rings. The average molecular weight is 322 g/mol. The number of rotatable bonds is 5. The largest absolute Gasteiger partial charge is 0.497 e. The topological polar surface area (TPSA) is 45.3 Å². The number of nitrogens with one attached hydrogen (secondary N) is 1. The van der Waals surface area contributed by atoms with Gasteiger partial charge in [-0.25, -0.2) is 0 Å². The Morgan fingerprint density at radius 2 is 1.83 bits per heavy atom. The summed E-state index contributed by atoms with van der Waals surface area (Å²) in [5.74, 6) is 0.695. The van der Waals surface area contributed by atoms with Crippen LogP contribution in [0.5, 0.6) is 5.75 Å². The number of aromatic nitrogens is 1. The lowest BCUT2D eigenvalue weighted by atomic mass is 10.1. The molecule has 2 aromatic carbocycles. The highest BCUT2D eigenvalue weighted by atomic mass is 16.5. The average Bonchev–Trinajstić information content (AvgIpc) is 2.59. The van der Waals surface area contributed by atoms with E-state index in [2.05, 4.69) is 22.0 Å². The Bertz CT molecular complexity index is 901. The van der Waals surface area contributed by atoms with Gasteiger partial charge in [-0.15, -0.1) is 0 Å². The first kappa shape index (κ1) is 16.3. The fourth-order valence-electron chi connectivity index (χ4n) is 2.97. The standard InChI is InChI=1S/C20H22N2O2/c1-14-18(13-22(2)12-15-7-5-4-6-8-15)20(23)17-11-16(24-3)9-10-19(17)21-14/h4-11H,12-13H2,1-3H3,(H,21,23). The van der Waals surface area contributed by atoms with E-state index in [-0.39, 0.29) is 5.43 Å². The maximum atomic E-state index is 12.9. The molecule has 1 heterocycles. The zero-order chi connectivity index (χ0) is 17.1. The smallest absolute Gasteiger partial charge is 0.194 e. The van der Waals surface area contributed by atoms with E-state index in [1.165, 1.54) is 5.56 Å². The van der Waals surface area contributed by atoms with Crippen LogP contribution in [-0.4, -0.2) is 24.0 Å². The van der Waals surface area contributed by atoms with Gasteiger partial charge in [-0.05, 0) is 37.7 Å². The summed E-state index contributed by atoms with van der Waals surface area (Å²) in [6.07, 6.45) is 0. The molecule has 0 radical (unpaired) electrons. The molecule has 1 aromatic heterocycles. The van der Waals surface area contributed by atoms with Crippen molar-refractivity contribution in [3.8, 4) is 5.75 Å². The third-order valence-corrected chi connectivity index (χ3v) is 4.24. The van der Waals surface area contributed by atoms with Crippen molar-refractivity contribution in [3.63, 3.8) is 0 Å². The number of pyridine rings is 1. The molecule has 0 unspecified atom stereocenters. The number of fused-ring (bicyclic) bond motifs is 1. The van der Waals surface area contributed by atoms with E-state index in [4.69, 9.17) is 4.74 Å². The lowest BCUT2D eigenvalue weighted by Gasteiger charge is -2.18. The van der Waals surface area contributed by atoms with Crippen LogP contribution in [0.25, 0.3) is 10.9 Å². The highest BCUT2D eigenvalue weighted by Crippen LogP contribution is 2.19. The third kappa shape index (κ3) is 3.34. The maximum absolute atomic E-state index is 12.9. The van der Waals surface area contributed by atoms with Crippen LogP contribution in [-0.2, 0) is 13.1 Å². The normalized spacial score (nSPS) is 11.2. The maximum Gasteiger partial charge on any atom is 0.194 e. The Morgan fingerprint density at radius 1 is 1.08 bits per heavy atom.